The molecule has 0 bridgehead atoms. The molecule has 0 nitrogen and oxygen atoms in total. The summed E-state index contributed by atoms with van der Waals surface area (Å²) in [7, 11) is 0. The molecule has 0 saturated carbocycles. The molecule has 1 rings (SSSR count). The van der Waals surface area contributed by atoms with Crippen molar-refractivity contribution in [3.8, 4) is 12.3 Å². The monoisotopic (exact) mass is 94.1 g/mol. The molecule has 0 heterocycles. The Morgan fingerprint density at radius 1 is 1.43 bits per heavy atom. The maximum absolute atomic E-state index is 4.60. The van der Waals surface area contributed by atoms with Crippen LogP contribution in [0.1, 0.15) is 19.8 Å². The zero-order chi connectivity index (χ0) is 5.54. The van der Waals surface area contributed by atoms with Crippen LogP contribution in [0.2, 0.25) is 0 Å². The van der Waals surface area contributed by atoms with Crippen LogP contribution in [-0.4, -0.2) is 0 Å². The lowest BCUT2D eigenvalue weighted by atomic mass is 10.1. The van der Waals surface area contributed by atoms with Gasteiger partial charge in [-0.2, -0.15) is 0 Å². The van der Waals surface area contributed by atoms with E-state index in [1.54, 1.807) is 6.92 Å². The summed E-state index contributed by atoms with van der Waals surface area (Å²) in [4.78, 5) is 0. The van der Waals surface area contributed by atoms with Gasteiger partial charge < -0.3 is 0 Å². The van der Waals surface area contributed by atoms with E-state index in [0.29, 0.717) is 0 Å². The van der Waals surface area contributed by atoms with E-state index in [9.17, 15) is 0 Å². The van der Waals surface area contributed by atoms with Gasteiger partial charge in [0.15, 0.2) is 0 Å². The molecule has 38 valence electrons. The minimum absolute atomic E-state index is 1.32. The predicted molar refractivity (Wildman–Crippen MR) is 32.9 cm³/mol. The van der Waals surface area contributed by atoms with E-state index < -0.39 is 0 Å². The highest BCUT2D eigenvalue weighted by Gasteiger charge is 1.81. The Bertz CT molecular complexity index is 76.7. The van der Waals surface area contributed by atoms with Gasteiger partial charge in [0.1, 0.15) is 0 Å². The molecule has 0 amide bonds. The minimum Gasteiger partial charge on any atom is -0.120 e. The van der Waals surface area contributed by atoms with Crippen molar-refractivity contribution in [1.29, 1.82) is 0 Å². The molecule has 0 aromatic carbocycles. The summed E-state index contributed by atoms with van der Waals surface area (Å²) >= 11 is 0. The molecule has 0 heteroatoms. The molecule has 0 saturated heterocycles. The van der Waals surface area contributed by atoms with E-state index in [2.05, 4.69) is 24.5 Å². The van der Waals surface area contributed by atoms with Crippen molar-refractivity contribution in [2.24, 2.45) is 0 Å². The first-order valence-electron chi connectivity index (χ1n) is 2.44. The van der Waals surface area contributed by atoms with E-state index in [4.69, 9.17) is 0 Å². The van der Waals surface area contributed by atoms with Crippen molar-refractivity contribution in [3.05, 3.63) is 12.2 Å². The van der Waals surface area contributed by atoms with Gasteiger partial charge in [0, 0.05) is 0 Å². The van der Waals surface area contributed by atoms with Crippen LogP contribution in [0.3, 0.4) is 0 Å². The molecule has 0 unspecified atom stereocenters. The van der Waals surface area contributed by atoms with Gasteiger partial charge in [-0.05, 0) is 19.8 Å². The SMILES string of the molecule is C#CC.C1=CCC1. The molecule has 0 atom stereocenters. The number of allylic oxidation sites excluding steroid dienone is 2. The molecule has 0 aromatic rings. The fourth-order valence-electron chi connectivity index (χ4n) is 0.167. The van der Waals surface area contributed by atoms with E-state index in [0.717, 1.165) is 0 Å². The van der Waals surface area contributed by atoms with Crippen molar-refractivity contribution in [2.75, 3.05) is 0 Å². The first kappa shape index (κ1) is 6.30. The summed E-state index contributed by atoms with van der Waals surface area (Å²) in [5.41, 5.74) is 0. The molecule has 0 fully saturated rings. The molecule has 0 spiro atoms. The largest absolute Gasteiger partial charge is 0.120 e. The van der Waals surface area contributed by atoms with Gasteiger partial charge in [-0.15, -0.1) is 12.3 Å². The van der Waals surface area contributed by atoms with Gasteiger partial charge in [-0.1, -0.05) is 12.2 Å². The van der Waals surface area contributed by atoms with Crippen LogP contribution >= 0.6 is 0 Å². The van der Waals surface area contributed by atoms with Gasteiger partial charge >= 0.3 is 0 Å². The first-order valence-corrected chi connectivity index (χ1v) is 2.44. The molecular formula is C7H10. The van der Waals surface area contributed by atoms with Crippen LogP contribution in [0.15, 0.2) is 12.2 Å². The van der Waals surface area contributed by atoms with Gasteiger partial charge in [0.25, 0.3) is 0 Å². The molecular weight excluding hydrogens is 84.1 g/mol. The summed E-state index contributed by atoms with van der Waals surface area (Å²) in [5.74, 6) is 2.25. The average Bonchev–Trinajstić information content (AvgIpc) is 1.27. The highest BCUT2D eigenvalue weighted by molar-refractivity contribution is 4.92. The molecule has 0 radical (unpaired) electrons. The Morgan fingerprint density at radius 2 is 1.57 bits per heavy atom. The Morgan fingerprint density at radius 3 is 1.57 bits per heavy atom. The van der Waals surface area contributed by atoms with E-state index >= 15 is 0 Å². The Kier molecular flexibility index (Phi) is 4.77. The van der Waals surface area contributed by atoms with Crippen molar-refractivity contribution >= 4 is 0 Å². The van der Waals surface area contributed by atoms with Crippen molar-refractivity contribution < 1.29 is 0 Å². The van der Waals surface area contributed by atoms with Gasteiger partial charge in [-0.3, -0.25) is 0 Å². The summed E-state index contributed by atoms with van der Waals surface area (Å²) in [6.45, 7) is 1.65. The van der Waals surface area contributed by atoms with Gasteiger partial charge in [0.05, 0.1) is 0 Å². The third kappa shape index (κ3) is 5.30. The third-order valence-corrected chi connectivity index (χ3v) is 0.667. The minimum atomic E-state index is 1.32. The van der Waals surface area contributed by atoms with Crippen LogP contribution < -0.4 is 0 Å². The van der Waals surface area contributed by atoms with E-state index in [1.165, 1.54) is 12.8 Å². The van der Waals surface area contributed by atoms with Gasteiger partial charge in [0.2, 0.25) is 0 Å². The lowest BCUT2D eigenvalue weighted by Gasteiger charge is -1.92. The second-order valence-corrected chi connectivity index (χ2v) is 1.34. The summed E-state index contributed by atoms with van der Waals surface area (Å²) in [6.07, 6.45) is 11.6. The number of hydrogen-bond donors (Lipinski definition) is 0. The zero-order valence-electron chi connectivity index (χ0n) is 4.65. The summed E-state index contributed by atoms with van der Waals surface area (Å²) in [5, 5.41) is 0. The fraction of sp³-hybridized carbons (Fsp3) is 0.429. The topological polar surface area (TPSA) is 0 Å². The molecule has 0 N–H and O–H groups in total. The normalized spacial score (nSPS) is 12.6. The van der Waals surface area contributed by atoms with E-state index in [-0.39, 0.29) is 0 Å². The fourth-order valence-corrected chi connectivity index (χ4v) is 0.167. The lowest BCUT2D eigenvalue weighted by Crippen LogP contribution is -1.71. The summed E-state index contributed by atoms with van der Waals surface area (Å²) in [6, 6.07) is 0. The number of terminal acetylenes is 1. The Labute approximate surface area is 45.2 Å². The smallest absolute Gasteiger partial charge is 0.00297 e. The van der Waals surface area contributed by atoms with Gasteiger partial charge in [-0.25, -0.2) is 0 Å². The Hall–Kier alpha value is -0.700. The molecule has 1 aliphatic carbocycles. The highest BCUT2D eigenvalue weighted by atomic mass is 13.9. The van der Waals surface area contributed by atoms with Crippen LogP contribution in [0.5, 0.6) is 0 Å². The Balaban J connectivity index is 0.000000110. The predicted octanol–water partition coefficient (Wildman–Crippen LogP) is 1.98. The van der Waals surface area contributed by atoms with Crippen molar-refractivity contribution in [1.82, 2.24) is 0 Å². The van der Waals surface area contributed by atoms with E-state index in [1.807, 2.05) is 0 Å². The standard InChI is InChI=1S/C4H6.C3H4/c1-2-4-3-1;1-3-2/h1-2H,3-4H2;1H,2H3. The van der Waals surface area contributed by atoms with Crippen molar-refractivity contribution in [2.45, 2.75) is 19.8 Å². The van der Waals surface area contributed by atoms with Crippen LogP contribution in [0, 0.1) is 12.3 Å². The number of rotatable bonds is 0. The van der Waals surface area contributed by atoms with Crippen LogP contribution in [0.4, 0.5) is 0 Å². The highest BCUT2D eigenvalue weighted by Crippen LogP contribution is 2.01. The molecule has 0 aliphatic heterocycles. The molecule has 1 aliphatic rings. The lowest BCUT2D eigenvalue weighted by molar-refractivity contribution is 0.962. The maximum Gasteiger partial charge on any atom is -0.00297 e. The second kappa shape index (κ2) is 5.30. The zero-order valence-corrected chi connectivity index (χ0v) is 4.65. The first-order chi connectivity index (χ1) is 3.41. The average molecular weight is 94.2 g/mol. The number of hydrogen-bond acceptors (Lipinski definition) is 0. The third-order valence-electron chi connectivity index (χ3n) is 0.667. The maximum atomic E-state index is 4.60. The van der Waals surface area contributed by atoms with Crippen LogP contribution in [-0.2, 0) is 0 Å². The second-order valence-electron chi connectivity index (χ2n) is 1.34. The van der Waals surface area contributed by atoms with Crippen LogP contribution in [0.25, 0.3) is 0 Å². The molecule has 0 aromatic heterocycles. The molecule has 7 heavy (non-hydrogen) atoms. The van der Waals surface area contributed by atoms with Crippen molar-refractivity contribution in [3.63, 3.8) is 0 Å². The summed E-state index contributed by atoms with van der Waals surface area (Å²) < 4.78 is 0. The quantitative estimate of drug-likeness (QED) is 0.318.